The van der Waals surface area contributed by atoms with Crippen molar-refractivity contribution in [2.24, 2.45) is 4.99 Å². The molecule has 3 nitrogen and oxygen atoms in total. The van der Waals surface area contributed by atoms with Crippen LogP contribution in [0.1, 0.15) is 46.1 Å². The largest absolute Gasteiger partial charge is 0.496 e. The van der Waals surface area contributed by atoms with E-state index in [1.165, 1.54) is 45.3 Å². The van der Waals surface area contributed by atoms with Gasteiger partial charge in [-0.15, -0.1) is 0 Å². The lowest BCUT2D eigenvalue weighted by atomic mass is 9.83. The maximum Gasteiger partial charge on any atom is 0.416 e. The number of ether oxygens (including phenoxy) is 1. The Hall–Kier alpha value is -3.36. The first-order chi connectivity index (χ1) is 16.4. The Morgan fingerprint density at radius 2 is 1.66 bits per heavy atom. The highest BCUT2D eigenvalue weighted by atomic mass is 19.4. The van der Waals surface area contributed by atoms with E-state index in [9.17, 15) is 31.1 Å². The molecule has 0 N–H and O–H groups in total. The van der Waals surface area contributed by atoms with Crippen LogP contribution in [0.3, 0.4) is 0 Å². The van der Waals surface area contributed by atoms with Crippen molar-refractivity contribution >= 4 is 22.3 Å². The monoisotopic (exact) mass is 493 g/mol. The number of hydrogen-bond donors (Lipinski definition) is 0. The Morgan fingerprint density at radius 1 is 0.971 bits per heavy atom. The van der Waals surface area contributed by atoms with Crippen LogP contribution in [-0.2, 0) is 17.1 Å². The van der Waals surface area contributed by atoms with Gasteiger partial charge in [0, 0.05) is 24.6 Å². The van der Waals surface area contributed by atoms with Crippen molar-refractivity contribution in [1.29, 1.82) is 0 Å². The number of aryl methyl sites for hydroxylation is 1. The Morgan fingerprint density at radius 3 is 2.26 bits per heavy atom. The fraction of sp³-hybridized carbons (Fsp3) is 0.308. The number of halogens is 6. The van der Waals surface area contributed by atoms with E-state index in [1.807, 2.05) is 0 Å². The van der Waals surface area contributed by atoms with Gasteiger partial charge in [0.05, 0.1) is 30.1 Å². The summed E-state index contributed by atoms with van der Waals surface area (Å²) in [6, 6.07) is 10.5. The van der Waals surface area contributed by atoms with Crippen molar-refractivity contribution in [3.63, 3.8) is 0 Å². The third-order valence-electron chi connectivity index (χ3n) is 6.42. The molecule has 0 spiro atoms. The second-order valence-electron chi connectivity index (χ2n) is 8.47. The van der Waals surface area contributed by atoms with Crippen LogP contribution in [0.4, 0.5) is 26.3 Å². The molecule has 1 fully saturated rings. The number of nitrogens with zero attached hydrogens (tertiary/aromatic N) is 1. The number of ketones is 1. The van der Waals surface area contributed by atoms with Gasteiger partial charge in [-0.1, -0.05) is 36.4 Å². The van der Waals surface area contributed by atoms with Crippen LogP contribution in [0.2, 0.25) is 0 Å². The predicted octanol–water partition coefficient (Wildman–Crippen LogP) is 7.11. The van der Waals surface area contributed by atoms with Crippen LogP contribution in [0.15, 0.2) is 53.5 Å². The first-order valence-corrected chi connectivity index (χ1v) is 10.7. The van der Waals surface area contributed by atoms with Crippen molar-refractivity contribution in [2.45, 2.75) is 37.5 Å². The summed E-state index contributed by atoms with van der Waals surface area (Å²) in [7, 11) is 2.71. The molecule has 1 saturated carbocycles. The van der Waals surface area contributed by atoms with Crippen LogP contribution in [0.25, 0.3) is 10.8 Å². The highest BCUT2D eigenvalue weighted by Gasteiger charge is 2.47. The van der Waals surface area contributed by atoms with Crippen LogP contribution < -0.4 is 4.74 Å². The maximum atomic E-state index is 14.3. The van der Waals surface area contributed by atoms with Gasteiger partial charge >= 0.3 is 12.4 Å². The molecule has 0 radical (unpaired) electrons. The standard InChI is InChI=1S/C26H21F6NO2/c1-13-10-14-7-5-9-19(35-3)21(14)22(23(13)26(30,31)32)17-12-18(33-2)20(24(17)34)15-6-4-8-16(11-15)25(27,28)29/h4-11,17,20H,12H2,1-3H3. The quantitative estimate of drug-likeness (QED) is 0.365. The molecule has 9 heteroatoms. The van der Waals surface area contributed by atoms with E-state index in [1.54, 1.807) is 12.1 Å². The normalized spacial score (nSPS) is 20.1. The molecule has 0 saturated heterocycles. The molecule has 0 aromatic heterocycles. The van der Waals surface area contributed by atoms with E-state index in [2.05, 4.69) is 4.99 Å². The van der Waals surface area contributed by atoms with Gasteiger partial charge in [-0.05, 0) is 41.1 Å². The zero-order valence-electron chi connectivity index (χ0n) is 19.0. The third-order valence-corrected chi connectivity index (χ3v) is 6.42. The molecule has 0 bridgehead atoms. The summed E-state index contributed by atoms with van der Waals surface area (Å²) in [4.78, 5) is 17.8. The minimum absolute atomic E-state index is 0.0467. The SMILES string of the molecule is CN=C1CC(c2c(C(F)(F)F)c(C)cc3cccc(OC)c23)C(=O)C1c1cccc(C(F)(F)F)c1. The molecule has 0 heterocycles. The number of methoxy groups -OCH3 is 1. The second-order valence-corrected chi connectivity index (χ2v) is 8.47. The molecule has 3 aromatic rings. The summed E-state index contributed by atoms with van der Waals surface area (Å²) >= 11 is 0. The van der Waals surface area contributed by atoms with Crippen LogP contribution in [0, 0.1) is 6.92 Å². The average molecular weight is 493 g/mol. The molecule has 1 aliphatic carbocycles. The summed E-state index contributed by atoms with van der Waals surface area (Å²) in [6.45, 7) is 1.32. The van der Waals surface area contributed by atoms with Crippen molar-refractivity contribution in [3.05, 3.63) is 76.3 Å². The Bertz CT molecular complexity index is 1340. The molecule has 1 aliphatic rings. The minimum atomic E-state index is -4.77. The predicted molar refractivity (Wildman–Crippen MR) is 120 cm³/mol. The van der Waals surface area contributed by atoms with Gasteiger partial charge in [-0.2, -0.15) is 26.3 Å². The van der Waals surface area contributed by atoms with Gasteiger partial charge < -0.3 is 4.74 Å². The fourth-order valence-electron chi connectivity index (χ4n) is 5.00. The molecular formula is C26H21F6NO2. The highest BCUT2D eigenvalue weighted by molar-refractivity contribution is 6.20. The average Bonchev–Trinajstić information content (AvgIpc) is 3.12. The third kappa shape index (κ3) is 4.28. The summed E-state index contributed by atoms with van der Waals surface area (Å²) in [5.74, 6) is -2.90. The van der Waals surface area contributed by atoms with E-state index in [4.69, 9.17) is 4.74 Å². The van der Waals surface area contributed by atoms with E-state index >= 15 is 0 Å². The second kappa shape index (κ2) is 8.70. The minimum Gasteiger partial charge on any atom is -0.496 e. The zero-order valence-corrected chi connectivity index (χ0v) is 19.0. The lowest BCUT2D eigenvalue weighted by molar-refractivity contribution is -0.139. The van der Waals surface area contributed by atoms with Gasteiger partial charge in [0.15, 0.2) is 5.78 Å². The molecule has 0 amide bonds. The molecule has 35 heavy (non-hydrogen) atoms. The van der Waals surface area contributed by atoms with E-state index in [0.29, 0.717) is 5.39 Å². The Labute approximate surface area is 197 Å². The maximum absolute atomic E-state index is 14.3. The van der Waals surface area contributed by atoms with Crippen molar-refractivity contribution < 1.29 is 35.9 Å². The van der Waals surface area contributed by atoms with Crippen LogP contribution in [0.5, 0.6) is 5.75 Å². The first-order valence-electron chi connectivity index (χ1n) is 10.7. The van der Waals surface area contributed by atoms with Crippen molar-refractivity contribution in [3.8, 4) is 5.75 Å². The summed E-state index contributed by atoms with van der Waals surface area (Å²) in [5, 5.41) is 0.626. The fourth-order valence-corrected chi connectivity index (χ4v) is 5.00. The number of carbonyl (C=O) groups excluding carboxylic acids is 1. The topological polar surface area (TPSA) is 38.7 Å². The van der Waals surface area contributed by atoms with E-state index in [0.717, 1.165) is 12.1 Å². The van der Waals surface area contributed by atoms with Crippen molar-refractivity contribution in [1.82, 2.24) is 0 Å². The number of rotatable bonds is 3. The lowest BCUT2D eigenvalue weighted by Crippen LogP contribution is -2.20. The molecular weight excluding hydrogens is 472 g/mol. The lowest BCUT2D eigenvalue weighted by Gasteiger charge is -2.23. The summed E-state index contributed by atoms with van der Waals surface area (Å²) in [5.41, 5.74) is -1.89. The van der Waals surface area contributed by atoms with Gasteiger partial charge in [-0.3, -0.25) is 9.79 Å². The molecule has 2 atom stereocenters. The molecule has 4 rings (SSSR count). The zero-order chi connectivity index (χ0) is 25.7. The highest BCUT2D eigenvalue weighted by Crippen LogP contribution is 2.49. The molecule has 2 unspecified atom stereocenters. The van der Waals surface area contributed by atoms with Gasteiger partial charge in [0.1, 0.15) is 5.75 Å². The number of benzene rings is 3. The Balaban J connectivity index is 1.97. The number of hydrogen-bond acceptors (Lipinski definition) is 3. The number of fused-ring (bicyclic) bond motifs is 1. The van der Waals surface area contributed by atoms with Crippen molar-refractivity contribution in [2.75, 3.05) is 14.2 Å². The number of alkyl halides is 6. The number of Topliss-reactive ketones (excluding diaryl/α,β-unsaturated/α-hetero) is 1. The number of carbonyl (C=O) groups is 1. The van der Waals surface area contributed by atoms with E-state index in [-0.39, 0.29) is 40.0 Å². The van der Waals surface area contributed by atoms with Gasteiger partial charge in [-0.25, -0.2) is 0 Å². The molecule has 0 aliphatic heterocycles. The summed E-state index contributed by atoms with van der Waals surface area (Å²) < 4.78 is 88.3. The first kappa shape index (κ1) is 24.8. The summed E-state index contributed by atoms with van der Waals surface area (Å²) in [6.07, 6.45) is -9.55. The number of aliphatic imine (C=N–C) groups is 1. The van der Waals surface area contributed by atoms with Gasteiger partial charge in [0.25, 0.3) is 0 Å². The van der Waals surface area contributed by atoms with Gasteiger partial charge in [0.2, 0.25) is 0 Å². The molecule has 3 aromatic carbocycles. The molecule has 184 valence electrons. The smallest absolute Gasteiger partial charge is 0.416 e. The Kier molecular flexibility index (Phi) is 6.15. The van der Waals surface area contributed by atoms with Crippen LogP contribution in [-0.4, -0.2) is 25.7 Å². The van der Waals surface area contributed by atoms with Crippen LogP contribution >= 0.6 is 0 Å². The van der Waals surface area contributed by atoms with E-state index < -0.39 is 41.1 Å².